The Morgan fingerprint density at radius 2 is 0.549 bits per heavy atom. The minimum absolute atomic E-state index is 0. The van der Waals surface area contributed by atoms with Crippen molar-refractivity contribution in [2.24, 2.45) is 40.9 Å². The zero-order valence-corrected chi connectivity index (χ0v) is 64.9. The van der Waals surface area contributed by atoms with E-state index in [2.05, 4.69) is 67.6 Å². The molecule has 0 aromatic carbocycles. The van der Waals surface area contributed by atoms with Crippen LogP contribution >= 0.6 is 46.9 Å². The zero-order chi connectivity index (χ0) is 69.6. The molecule has 0 aliphatic rings. The second-order valence-corrected chi connectivity index (χ2v) is 31.7. The molecule has 0 saturated heterocycles. The van der Waals surface area contributed by atoms with Crippen LogP contribution in [0.1, 0.15) is 251 Å². The van der Waals surface area contributed by atoms with Gasteiger partial charge in [0.2, 0.25) is 0 Å². The molecule has 544 valence electrons. The van der Waals surface area contributed by atoms with Gasteiger partial charge in [0, 0.05) is 5.41 Å². The summed E-state index contributed by atoms with van der Waals surface area (Å²) in [6.45, 7) is 35.2. The van der Waals surface area contributed by atoms with E-state index in [9.17, 15) is 61.9 Å². The molecule has 0 aromatic heterocycles. The Bertz CT molecular complexity index is 1720. The smallest absolute Gasteiger partial charge is 0.854 e. The third-order valence-corrected chi connectivity index (χ3v) is 22.6. The van der Waals surface area contributed by atoms with Crippen molar-refractivity contribution in [3.8, 4) is 0 Å². The van der Waals surface area contributed by atoms with E-state index in [1.165, 1.54) is 0 Å². The molecule has 0 aliphatic carbocycles. The van der Waals surface area contributed by atoms with Gasteiger partial charge in [0.15, 0.2) is 0 Å². The van der Waals surface area contributed by atoms with Gasteiger partial charge in [-0.1, -0.05) is 218 Å². The summed E-state index contributed by atoms with van der Waals surface area (Å²) in [5, 5.41) is 11.2. The van der Waals surface area contributed by atoms with Gasteiger partial charge in [-0.2, -0.15) is 0 Å². The molecule has 24 nitrogen and oxygen atoms in total. The van der Waals surface area contributed by atoms with E-state index in [0.717, 1.165) is 161 Å². The quantitative estimate of drug-likeness (QED) is 0.0236. The number of unbranched alkanes of at least 4 members (excludes halogenated alkanes) is 6. The molecule has 6 atom stereocenters. The van der Waals surface area contributed by atoms with Gasteiger partial charge < -0.3 is 57.6 Å². The van der Waals surface area contributed by atoms with E-state index in [4.69, 9.17) is 36.6 Å². The van der Waals surface area contributed by atoms with Crippen LogP contribution in [0, 0.1) is 40.9 Å². The molecular formula is C60H123O24P6Ti-3. The zero-order valence-electron chi connectivity index (χ0n) is 58.0. The van der Waals surface area contributed by atoms with Gasteiger partial charge in [0.05, 0.1) is 89.5 Å². The molecule has 6 unspecified atom stereocenters. The summed E-state index contributed by atoms with van der Waals surface area (Å²) < 4.78 is 125. The van der Waals surface area contributed by atoms with Crippen LogP contribution < -0.4 is 34.5 Å². The van der Waals surface area contributed by atoms with Crippen molar-refractivity contribution in [2.45, 2.75) is 251 Å². The molecule has 0 N–H and O–H groups in total. The molecule has 0 spiro atoms. The van der Waals surface area contributed by atoms with E-state index < -0.39 is 52.4 Å². The maximum Gasteiger partial charge on any atom is 4.00 e. The molecule has 0 radical (unpaired) electrons. The maximum atomic E-state index is 12.6. The van der Waals surface area contributed by atoms with Crippen LogP contribution in [0.15, 0.2) is 25.3 Å². The van der Waals surface area contributed by atoms with E-state index in [0.29, 0.717) is 26.4 Å². The largest absolute Gasteiger partial charge is 4.00 e. The Balaban J connectivity index is -0.000000366. The summed E-state index contributed by atoms with van der Waals surface area (Å²) in [7, 11) is -29.7. The maximum absolute atomic E-state index is 12.6. The van der Waals surface area contributed by atoms with Crippen molar-refractivity contribution >= 4 is 46.9 Å². The number of phosphoric acid groups is 6. The Morgan fingerprint density at radius 3 is 0.670 bits per heavy atom. The van der Waals surface area contributed by atoms with Crippen LogP contribution in [0.2, 0.25) is 0 Å². The SMILES string of the molecule is C=CCOCC(CC)(C[O-])COCC=C.CCCCC(CC)COP(=O)(OCC(CC)CCCC)OP(=O)([O-])[O-].CCCCC(CC)COP(=O)(OCC(CC)CCCC)OP(=O)([O-])[O-].CCCCC(CC)COP(=O)(OCC(CC)CCCC)OP(=O)([O-])[O-].[Ti+4]. The van der Waals surface area contributed by atoms with E-state index in [-0.39, 0.29) is 103 Å². The second kappa shape index (κ2) is 60.8. The predicted molar refractivity (Wildman–Crippen MR) is 344 cm³/mol. The van der Waals surface area contributed by atoms with Crippen LogP contribution in [0.5, 0.6) is 0 Å². The van der Waals surface area contributed by atoms with Crippen LogP contribution in [0.4, 0.5) is 0 Å². The number of hydrogen-bond acceptors (Lipinski definition) is 24. The molecule has 0 fully saturated rings. The standard InChI is InChI=1S/3C16H36O7P2.C12H21O3.Ti/c3*1-5-9-11-15(7-3)13-21-25(20,23-24(17,18)19)22-14-16(8-4)12-10-6-2;1-4-7-14-10-12(6-3,9-13)11-15-8-5-2;/h3*15-16H,5-14H2,1-4H3,(H2,17,18,19);4-5H,1-2,6-11H2,3H3;/q;;;-1;+4/p-6. The predicted octanol–water partition coefficient (Wildman–Crippen LogP) is 14.4. The first-order valence-corrected chi connectivity index (χ1v) is 41.9. The summed E-state index contributed by atoms with van der Waals surface area (Å²) in [4.78, 5) is 65.6. The molecule has 91 heavy (non-hydrogen) atoms. The third-order valence-electron chi connectivity index (χ3n) is 15.0. The van der Waals surface area contributed by atoms with Gasteiger partial charge in [0.25, 0.3) is 0 Å². The first-order valence-electron chi connectivity index (χ1n) is 33.1. The third kappa shape index (κ3) is 60.5. The molecule has 0 heterocycles. The van der Waals surface area contributed by atoms with Crippen molar-refractivity contribution in [3.05, 3.63) is 25.3 Å². The van der Waals surface area contributed by atoms with Crippen molar-refractivity contribution in [3.63, 3.8) is 0 Å². The van der Waals surface area contributed by atoms with Gasteiger partial charge in [0.1, 0.15) is 0 Å². The van der Waals surface area contributed by atoms with Crippen LogP contribution in [0.3, 0.4) is 0 Å². The van der Waals surface area contributed by atoms with Crippen molar-refractivity contribution < 1.29 is 133 Å². The number of phosphoric ester groups is 3. The molecule has 0 saturated carbocycles. The monoisotopic (exact) mass is 1460 g/mol. The fourth-order valence-electron chi connectivity index (χ4n) is 8.34. The van der Waals surface area contributed by atoms with Gasteiger partial charge >= 0.3 is 45.2 Å². The number of hydrogen-bond donors (Lipinski definition) is 0. The Morgan fingerprint density at radius 1 is 0.363 bits per heavy atom. The molecule has 31 heteroatoms. The van der Waals surface area contributed by atoms with Crippen molar-refractivity contribution in [1.29, 1.82) is 0 Å². The number of ether oxygens (including phenoxy) is 2. The first-order chi connectivity index (χ1) is 42.3. The summed E-state index contributed by atoms with van der Waals surface area (Å²) in [5.74, 6) is 0.668. The Kier molecular flexibility index (Phi) is 67.1. The molecule has 0 rings (SSSR count). The molecule has 0 aliphatic heterocycles. The number of rotatable bonds is 58. The first kappa shape index (κ1) is 101. The van der Waals surface area contributed by atoms with Crippen LogP contribution in [-0.4, -0.2) is 72.7 Å². The summed E-state index contributed by atoms with van der Waals surface area (Å²) in [6, 6.07) is 0. The van der Waals surface area contributed by atoms with Crippen LogP contribution in [0.25, 0.3) is 0 Å². The van der Waals surface area contributed by atoms with E-state index >= 15 is 0 Å². The van der Waals surface area contributed by atoms with Gasteiger partial charge in [-0.15, -0.1) is 19.8 Å². The van der Waals surface area contributed by atoms with Gasteiger partial charge in [-0.25, -0.2) is 13.7 Å². The topological polar surface area (TPSA) is 365 Å². The summed E-state index contributed by atoms with van der Waals surface area (Å²) in [6.07, 6.45) is 26.1. The van der Waals surface area contributed by atoms with Crippen LogP contribution in [-0.2, 0) is 98.7 Å². The van der Waals surface area contributed by atoms with Crippen molar-refractivity contribution in [2.75, 3.05) is 72.7 Å². The normalized spacial score (nSPS) is 16.0. The van der Waals surface area contributed by atoms with Gasteiger partial charge in [-0.3, -0.25) is 40.1 Å². The average molecular weight is 1460 g/mol. The fourth-order valence-corrected chi connectivity index (χ4v) is 15.0. The minimum Gasteiger partial charge on any atom is -0.854 e. The Labute approximate surface area is 566 Å². The minimum atomic E-state index is -5.48. The molecule has 0 amide bonds. The van der Waals surface area contributed by atoms with Gasteiger partial charge in [-0.05, 0) is 80.5 Å². The van der Waals surface area contributed by atoms with E-state index in [1.807, 2.05) is 48.5 Å². The summed E-state index contributed by atoms with van der Waals surface area (Å²) >= 11 is 0. The molecule has 0 bridgehead atoms. The fraction of sp³-hybridized carbons (Fsp3) is 0.933. The van der Waals surface area contributed by atoms with E-state index in [1.54, 1.807) is 12.2 Å². The Hall–Kier alpha value is 0.854. The van der Waals surface area contributed by atoms with Crippen molar-refractivity contribution in [1.82, 2.24) is 0 Å². The second-order valence-electron chi connectivity index (χ2n) is 22.8. The average Bonchev–Trinajstić information content (AvgIpc) is 2.12. The molecular weight excluding hydrogens is 1340 g/mol. The molecule has 0 aromatic rings. The summed E-state index contributed by atoms with van der Waals surface area (Å²) in [5.41, 5.74) is -0.411.